The standard InChI is InChI=1S/C19H25N5O/c1-11-15-8-14(9-16(11)15)24-17(25)3-2-12-10-21-19(23-18(12)24)22-13-4-6-20-7-5-13/h2-3,10-11,13-16,20H,4-9H2,1H3,(H,21,22,23)/t11?,14?,15-,16+. The number of anilines is 1. The fraction of sp³-hybridized carbons (Fsp3) is 0.632. The molecule has 2 N–H and O–H groups in total. The zero-order chi connectivity index (χ0) is 17.0. The molecule has 4 atom stereocenters. The van der Waals surface area contributed by atoms with Crippen molar-refractivity contribution in [3.05, 3.63) is 28.7 Å². The average Bonchev–Trinajstić information content (AvgIpc) is 3.04. The Labute approximate surface area is 147 Å². The van der Waals surface area contributed by atoms with Gasteiger partial charge in [-0.25, -0.2) is 4.98 Å². The van der Waals surface area contributed by atoms with Gasteiger partial charge in [0.25, 0.3) is 5.56 Å². The van der Waals surface area contributed by atoms with Crippen LogP contribution in [0.4, 0.5) is 5.95 Å². The number of rotatable bonds is 3. The highest BCUT2D eigenvalue weighted by atomic mass is 16.1. The first-order chi connectivity index (χ1) is 12.2. The van der Waals surface area contributed by atoms with Gasteiger partial charge in [0, 0.05) is 29.7 Å². The fourth-order valence-corrected chi connectivity index (χ4v) is 4.96. The molecule has 2 saturated carbocycles. The summed E-state index contributed by atoms with van der Waals surface area (Å²) >= 11 is 0. The van der Waals surface area contributed by atoms with Crippen LogP contribution in [0.15, 0.2) is 23.1 Å². The van der Waals surface area contributed by atoms with Crippen LogP contribution < -0.4 is 16.2 Å². The summed E-state index contributed by atoms with van der Waals surface area (Å²) in [5.41, 5.74) is 0.857. The second-order valence-corrected chi connectivity index (χ2v) is 7.99. The van der Waals surface area contributed by atoms with Crippen molar-refractivity contribution in [3.8, 4) is 0 Å². The minimum atomic E-state index is 0.0676. The van der Waals surface area contributed by atoms with Crippen LogP contribution >= 0.6 is 0 Å². The summed E-state index contributed by atoms with van der Waals surface area (Å²) in [7, 11) is 0. The largest absolute Gasteiger partial charge is 0.351 e. The molecule has 2 aliphatic carbocycles. The van der Waals surface area contributed by atoms with Gasteiger partial charge in [-0.15, -0.1) is 0 Å². The number of fused-ring (bicyclic) bond motifs is 2. The van der Waals surface area contributed by atoms with E-state index >= 15 is 0 Å². The molecule has 0 amide bonds. The lowest BCUT2D eigenvalue weighted by Gasteiger charge is -2.24. The SMILES string of the molecule is CC1[C@H]2CC(n3c(=O)ccc4cnc(NC5CCNCC5)nc43)C[C@@H]12. The zero-order valence-electron chi connectivity index (χ0n) is 14.6. The molecule has 2 aromatic heterocycles. The molecule has 2 unspecified atom stereocenters. The van der Waals surface area contributed by atoms with Gasteiger partial charge in [-0.1, -0.05) is 6.92 Å². The van der Waals surface area contributed by atoms with Crippen molar-refractivity contribution in [1.82, 2.24) is 19.9 Å². The normalized spacial score (nSPS) is 31.9. The van der Waals surface area contributed by atoms with E-state index in [9.17, 15) is 4.79 Å². The smallest absolute Gasteiger partial charge is 0.252 e. The van der Waals surface area contributed by atoms with Crippen LogP contribution in [0.5, 0.6) is 0 Å². The maximum atomic E-state index is 12.6. The average molecular weight is 339 g/mol. The summed E-state index contributed by atoms with van der Waals surface area (Å²) in [6.07, 6.45) is 6.23. The Morgan fingerprint density at radius 3 is 2.72 bits per heavy atom. The van der Waals surface area contributed by atoms with Crippen LogP contribution in [-0.4, -0.2) is 33.7 Å². The van der Waals surface area contributed by atoms with Gasteiger partial charge in [0.2, 0.25) is 5.95 Å². The number of nitrogens with zero attached hydrogens (tertiary/aromatic N) is 3. The van der Waals surface area contributed by atoms with Crippen molar-refractivity contribution in [2.45, 2.75) is 44.7 Å². The van der Waals surface area contributed by atoms with Crippen LogP contribution in [0.3, 0.4) is 0 Å². The van der Waals surface area contributed by atoms with E-state index in [1.165, 1.54) is 0 Å². The second-order valence-electron chi connectivity index (χ2n) is 7.99. The Morgan fingerprint density at radius 1 is 1.20 bits per heavy atom. The Kier molecular flexibility index (Phi) is 3.55. The maximum absolute atomic E-state index is 12.6. The molecule has 25 heavy (non-hydrogen) atoms. The number of nitrogens with one attached hydrogen (secondary N) is 2. The highest BCUT2D eigenvalue weighted by Gasteiger charge is 2.53. The molecule has 132 valence electrons. The van der Waals surface area contributed by atoms with Crippen molar-refractivity contribution in [1.29, 1.82) is 0 Å². The first kappa shape index (κ1) is 15.3. The summed E-state index contributed by atoms with van der Waals surface area (Å²) in [4.78, 5) is 21.8. The molecule has 5 rings (SSSR count). The van der Waals surface area contributed by atoms with Crippen molar-refractivity contribution in [3.63, 3.8) is 0 Å². The predicted octanol–water partition coefficient (Wildman–Crippen LogP) is 2.17. The van der Waals surface area contributed by atoms with Gasteiger partial charge in [-0.05, 0) is 62.6 Å². The zero-order valence-corrected chi connectivity index (χ0v) is 14.6. The van der Waals surface area contributed by atoms with E-state index in [-0.39, 0.29) is 5.56 Å². The van der Waals surface area contributed by atoms with Crippen LogP contribution in [-0.2, 0) is 0 Å². The number of aromatic nitrogens is 3. The molecule has 1 saturated heterocycles. The molecule has 3 heterocycles. The van der Waals surface area contributed by atoms with E-state index in [1.54, 1.807) is 6.07 Å². The van der Waals surface area contributed by atoms with Crippen molar-refractivity contribution >= 4 is 17.0 Å². The minimum absolute atomic E-state index is 0.0676. The summed E-state index contributed by atoms with van der Waals surface area (Å²) in [5.74, 6) is 3.10. The lowest BCUT2D eigenvalue weighted by Crippen LogP contribution is -2.35. The molecule has 0 bridgehead atoms. The van der Waals surface area contributed by atoms with Gasteiger partial charge in [0.05, 0.1) is 0 Å². The Balaban J connectivity index is 1.49. The van der Waals surface area contributed by atoms with Crippen molar-refractivity contribution in [2.75, 3.05) is 18.4 Å². The topological polar surface area (TPSA) is 71.8 Å². The predicted molar refractivity (Wildman–Crippen MR) is 97.7 cm³/mol. The van der Waals surface area contributed by atoms with Gasteiger partial charge < -0.3 is 10.6 Å². The van der Waals surface area contributed by atoms with E-state index in [0.717, 1.165) is 67.6 Å². The van der Waals surface area contributed by atoms with Gasteiger partial charge in [-0.2, -0.15) is 4.98 Å². The molecule has 3 fully saturated rings. The number of pyridine rings is 1. The molecule has 2 aromatic rings. The van der Waals surface area contributed by atoms with Gasteiger partial charge in [0.15, 0.2) is 0 Å². The monoisotopic (exact) mass is 339 g/mol. The maximum Gasteiger partial charge on any atom is 0.252 e. The summed E-state index contributed by atoms with van der Waals surface area (Å²) in [6, 6.07) is 4.21. The van der Waals surface area contributed by atoms with Crippen LogP contribution in [0, 0.1) is 17.8 Å². The molecule has 0 aromatic carbocycles. The summed E-state index contributed by atoms with van der Waals surface area (Å²) in [5, 5.41) is 7.77. The second kappa shape index (κ2) is 5.80. The summed E-state index contributed by atoms with van der Waals surface area (Å²) in [6.45, 7) is 4.39. The van der Waals surface area contributed by atoms with Crippen LogP contribution in [0.1, 0.15) is 38.6 Å². The Hall–Kier alpha value is -1.95. The Morgan fingerprint density at radius 2 is 1.96 bits per heavy atom. The molecular formula is C19H25N5O. The number of hydrogen-bond acceptors (Lipinski definition) is 5. The van der Waals surface area contributed by atoms with Crippen molar-refractivity contribution < 1.29 is 0 Å². The summed E-state index contributed by atoms with van der Waals surface area (Å²) < 4.78 is 1.93. The molecule has 1 aliphatic heterocycles. The minimum Gasteiger partial charge on any atom is -0.351 e. The van der Waals surface area contributed by atoms with Crippen LogP contribution in [0.25, 0.3) is 11.0 Å². The Bertz CT molecular complexity index is 845. The number of piperidine rings is 1. The molecule has 0 spiro atoms. The lowest BCUT2D eigenvalue weighted by atomic mass is 10.1. The first-order valence-corrected chi connectivity index (χ1v) is 9.56. The van der Waals surface area contributed by atoms with E-state index in [2.05, 4.69) is 22.5 Å². The van der Waals surface area contributed by atoms with Crippen molar-refractivity contribution in [2.24, 2.45) is 17.8 Å². The molecular weight excluding hydrogens is 314 g/mol. The quantitative estimate of drug-likeness (QED) is 0.897. The van der Waals surface area contributed by atoms with E-state index < -0.39 is 0 Å². The van der Waals surface area contributed by atoms with Gasteiger partial charge in [-0.3, -0.25) is 9.36 Å². The third kappa shape index (κ3) is 2.63. The third-order valence-electron chi connectivity index (χ3n) is 6.55. The molecule has 0 radical (unpaired) electrons. The molecule has 6 heteroatoms. The fourth-order valence-electron chi connectivity index (χ4n) is 4.96. The molecule has 6 nitrogen and oxygen atoms in total. The number of hydrogen-bond donors (Lipinski definition) is 2. The van der Waals surface area contributed by atoms with E-state index in [4.69, 9.17) is 4.98 Å². The highest BCUT2D eigenvalue weighted by Crippen LogP contribution is 2.60. The third-order valence-corrected chi connectivity index (χ3v) is 6.55. The van der Waals surface area contributed by atoms with E-state index in [0.29, 0.717) is 18.0 Å². The highest BCUT2D eigenvalue weighted by molar-refractivity contribution is 5.75. The first-order valence-electron chi connectivity index (χ1n) is 9.56. The molecule has 3 aliphatic rings. The van der Waals surface area contributed by atoms with Gasteiger partial charge in [0.1, 0.15) is 5.65 Å². The van der Waals surface area contributed by atoms with E-state index in [1.807, 2.05) is 16.8 Å². The van der Waals surface area contributed by atoms with Crippen LogP contribution in [0.2, 0.25) is 0 Å². The lowest BCUT2D eigenvalue weighted by molar-refractivity contribution is 0.435. The van der Waals surface area contributed by atoms with Gasteiger partial charge >= 0.3 is 0 Å².